The van der Waals surface area contributed by atoms with Crippen molar-refractivity contribution in [2.45, 2.75) is 32.4 Å². The molecule has 0 fully saturated rings. The first kappa shape index (κ1) is 17.5. The molecule has 2 aromatic rings. The molecule has 1 aromatic carbocycles. The van der Waals surface area contributed by atoms with Crippen LogP contribution in [-0.4, -0.2) is 21.0 Å². The van der Waals surface area contributed by atoms with E-state index in [0.29, 0.717) is 18.0 Å². The molecule has 0 atom stereocenters. The zero-order valence-electron chi connectivity index (χ0n) is 12.9. The second-order valence-electron chi connectivity index (χ2n) is 5.11. The van der Waals surface area contributed by atoms with Gasteiger partial charge in [-0.3, -0.25) is 4.57 Å². The lowest BCUT2D eigenvalue weighted by atomic mass is 10.2. The van der Waals surface area contributed by atoms with Crippen molar-refractivity contribution < 1.29 is 17.9 Å². The summed E-state index contributed by atoms with van der Waals surface area (Å²) in [4.78, 5) is 0. The second-order valence-corrected chi connectivity index (χ2v) is 5.48. The Morgan fingerprint density at radius 2 is 1.83 bits per heavy atom. The molecule has 0 aliphatic carbocycles. The van der Waals surface area contributed by atoms with E-state index in [4.69, 9.17) is 17.0 Å². The van der Waals surface area contributed by atoms with Gasteiger partial charge in [-0.15, -0.1) is 5.10 Å². The first-order chi connectivity index (χ1) is 10.8. The predicted octanol–water partition coefficient (Wildman–Crippen LogP) is 4.53. The number of unbranched alkanes of at least 4 members (excludes halogenated alkanes) is 2. The molecule has 0 bridgehead atoms. The summed E-state index contributed by atoms with van der Waals surface area (Å²) in [5.74, 6) is -0.421. The fourth-order valence-corrected chi connectivity index (χ4v) is 2.35. The molecular weight excluding hydrogens is 327 g/mol. The summed E-state index contributed by atoms with van der Waals surface area (Å²) in [5, 5.41) is 3.47. The normalized spacial score (nSPS) is 11.7. The van der Waals surface area contributed by atoms with Gasteiger partial charge < -0.3 is 4.74 Å². The number of aryl methyl sites for hydroxylation is 1. The third kappa shape index (κ3) is 4.13. The van der Waals surface area contributed by atoms with Crippen LogP contribution in [0.4, 0.5) is 13.2 Å². The Kier molecular flexibility index (Phi) is 5.46. The number of hydrogen-bond acceptors (Lipinski definition) is 3. The van der Waals surface area contributed by atoms with Gasteiger partial charge in [0.15, 0.2) is 0 Å². The lowest BCUT2D eigenvalue weighted by molar-refractivity contribution is -0.146. The summed E-state index contributed by atoms with van der Waals surface area (Å²) >= 11 is 5.03. The van der Waals surface area contributed by atoms with Gasteiger partial charge in [0, 0.05) is 7.05 Å². The zero-order valence-corrected chi connectivity index (χ0v) is 13.7. The maximum Gasteiger partial charge on any atom is 0.452 e. The van der Waals surface area contributed by atoms with Crippen LogP contribution < -0.4 is 4.74 Å². The Labute approximate surface area is 137 Å². The highest BCUT2D eigenvalue weighted by Crippen LogP contribution is 2.30. The van der Waals surface area contributed by atoms with Crippen LogP contribution in [0.3, 0.4) is 0 Å². The van der Waals surface area contributed by atoms with E-state index in [1.54, 1.807) is 24.3 Å². The smallest absolute Gasteiger partial charge is 0.452 e. The van der Waals surface area contributed by atoms with Crippen LogP contribution in [-0.2, 0) is 13.2 Å². The summed E-state index contributed by atoms with van der Waals surface area (Å²) in [7, 11) is 1.39. The lowest BCUT2D eigenvalue weighted by Gasteiger charge is -2.10. The average Bonchev–Trinajstić information content (AvgIpc) is 2.80. The minimum absolute atomic E-state index is 0.0195. The number of nitrogens with zero attached hydrogens (tertiary/aromatic N) is 3. The topological polar surface area (TPSA) is 32.0 Å². The van der Waals surface area contributed by atoms with Crippen molar-refractivity contribution in [1.29, 1.82) is 0 Å². The molecule has 0 spiro atoms. The third-order valence-corrected chi connectivity index (χ3v) is 3.74. The van der Waals surface area contributed by atoms with Gasteiger partial charge in [0.05, 0.1) is 12.3 Å². The maximum absolute atomic E-state index is 13.1. The van der Waals surface area contributed by atoms with Crippen molar-refractivity contribution in [3.63, 3.8) is 0 Å². The summed E-state index contributed by atoms with van der Waals surface area (Å²) in [6.45, 7) is 2.69. The van der Waals surface area contributed by atoms with E-state index in [-0.39, 0.29) is 4.77 Å². The molecule has 0 saturated carbocycles. The highest BCUT2D eigenvalue weighted by atomic mass is 32.1. The predicted molar refractivity (Wildman–Crippen MR) is 83.4 cm³/mol. The number of alkyl halides is 3. The third-order valence-electron chi connectivity index (χ3n) is 3.29. The molecule has 0 saturated heterocycles. The van der Waals surface area contributed by atoms with E-state index in [9.17, 15) is 13.2 Å². The molecule has 8 heteroatoms. The van der Waals surface area contributed by atoms with Crippen LogP contribution in [0.15, 0.2) is 24.3 Å². The van der Waals surface area contributed by atoms with Crippen molar-refractivity contribution >= 4 is 12.2 Å². The summed E-state index contributed by atoms with van der Waals surface area (Å²) in [6, 6.07) is 6.36. The molecule has 23 heavy (non-hydrogen) atoms. The summed E-state index contributed by atoms with van der Waals surface area (Å²) in [5.41, 5.74) is 0.302. The van der Waals surface area contributed by atoms with Crippen LogP contribution in [0.1, 0.15) is 32.0 Å². The van der Waals surface area contributed by atoms with Gasteiger partial charge >= 0.3 is 6.18 Å². The lowest BCUT2D eigenvalue weighted by Crippen LogP contribution is -2.14. The van der Waals surface area contributed by atoms with E-state index in [0.717, 1.165) is 28.5 Å². The Hall–Kier alpha value is -1.83. The summed E-state index contributed by atoms with van der Waals surface area (Å²) < 4.78 is 46.7. The van der Waals surface area contributed by atoms with Gasteiger partial charge in [0.1, 0.15) is 5.75 Å². The fraction of sp³-hybridized carbons (Fsp3) is 0.467. The van der Waals surface area contributed by atoms with Crippen molar-refractivity contribution in [3.05, 3.63) is 34.9 Å². The van der Waals surface area contributed by atoms with Crippen molar-refractivity contribution in [1.82, 2.24) is 14.3 Å². The standard InChI is InChI=1S/C15H18F3N3OS/c1-3-4-5-10-22-12-8-6-11(7-9-12)21-13(15(16,17)18)19-20(2)14(21)23/h6-9H,3-5,10H2,1-2H3. The van der Waals surface area contributed by atoms with Crippen molar-refractivity contribution in [3.8, 4) is 11.4 Å². The number of ether oxygens (including phenoxy) is 1. The van der Waals surface area contributed by atoms with Gasteiger partial charge in [-0.2, -0.15) is 13.2 Å². The molecular formula is C15H18F3N3OS. The number of rotatable bonds is 6. The van der Waals surface area contributed by atoms with E-state index < -0.39 is 12.0 Å². The molecule has 2 rings (SSSR count). The summed E-state index contributed by atoms with van der Waals surface area (Å²) in [6.07, 6.45) is -1.45. The van der Waals surface area contributed by atoms with E-state index in [1.165, 1.54) is 7.05 Å². The fourth-order valence-electron chi connectivity index (χ4n) is 2.11. The van der Waals surface area contributed by atoms with Gasteiger partial charge in [0.2, 0.25) is 10.6 Å². The van der Waals surface area contributed by atoms with E-state index in [2.05, 4.69) is 12.0 Å². The minimum Gasteiger partial charge on any atom is -0.494 e. The Morgan fingerprint density at radius 3 is 2.39 bits per heavy atom. The quantitative estimate of drug-likeness (QED) is 0.569. The first-order valence-corrected chi connectivity index (χ1v) is 7.72. The van der Waals surface area contributed by atoms with E-state index in [1.807, 2.05) is 0 Å². The highest BCUT2D eigenvalue weighted by Gasteiger charge is 2.38. The Balaban J connectivity index is 2.25. The SMILES string of the molecule is CCCCCOc1ccc(-n2c(C(F)(F)F)nn(C)c2=S)cc1. The average molecular weight is 345 g/mol. The number of benzene rings is 1. The van der Waals surface area contributed by atoms with Crippen molar-refractivity contribution in [2.75, 3.05) is 6.61 Å². The molecule has 126 valence electrons. The number of hydrogen-bond donors (Lipinski definition) is 0. The molecule has 0 aliphatic heterocycles. The van der Waals surface area contributed by atoms with Crippen LogP contribution in [0.2, 0.25) is 0 Å². The highest BCUT2D eigenvalue weighted by molar-refractivity contribution is 7.71. The minimum atomic E-state index is -4.58. The zero-order chi connectivity index (χ0) is 17.0. The van der Waals surface area contributed by atoms with Crippen LogP contribution in [0.25, 0.3) is 5.69 Å². The van der Waals surface area contributed by atoms with Crippen LogP contribution >= 0.6 is 12.2 Å². The molecule has 0 unspecified atom stereocenters. The van der Waals surface area contributed by atoms with Gasteiger partial charge in [0.25, 0.3) is 0 Å². The molecule has 1 heterocycles. The Bertz CT molecular complexity index is 704. The van der Waals surface area contributed by atoms with Crippen LogP contribution in [0, 0.1) is 4.77 Å². The first-order valence-electron chi connectivity index (χ1n) is 7.31. The van der Waals surface area contributed by atoms with Gasteiger partial charge in [-0.25, -0.2) is 4.68 Å². The molecule has 1 aromatic heterocycles. The monoisotopic (exact) mass is 345 g/mol. The molecule has 0 N–H and O–H groups in total. The van der Waals surface area contributed by atoms with Gasteiger partial charge in [-0.05, 0) is 42.9 Å². The van der Waals surface area contributed by atoms with Gasteiger partial charge in [-0.1, -0.05) is 19.8 Å². The van der Waals surface area contributed by atoms with E-state index >= 15 is 0 Å². The number of halogens is 3. The molecule has 0 radical (unpaired) electrons. The number of aromatic nitrogens is 3. The molecule has 0 amide bonds. The van der Waals surface area contributed by atoms with Crippen LogP contribution in [0.5, 0.6) is 5.75 Å². The molecule has 4 nitrogen and oxygen atoms in total. The molecule has 0 aliphatic rings. The maximum atomic E-state index is 13.1. The largest absolute Gasteiger partial charge is 0.494 e. The Morgan fingerprint density at radius 1 is 1.17 bits per heavy atom. The second kappa shape index (κ2) is 7.16. The van der Waals surface area contributed by atoms with Crippen molar-refractivity contribution in [2.24, 2.45) is 7.05 Å².